The lowest BCUT2D eigenvalue weighted by Gasteiger charge is -2.15. The molecule has 5 rings (SSSR count). The Morgan fingerprint density at radius 2 is 1.72 bits per heavy atom. The predicted octanol–water partition coefficient (Wildman–Crippen LogP) is 4.73. The molecular formula is C21H12Cl2F2N8O2S. The Labute approximate surface area is 212 Å². The van der Waals surface area contributed by atoms with Crippen LogP contribution in [0.3, 0.4) is 0 Å². The largest absolute Gasteiger partial charge is 0.333 e. The van der Waals surface area contributed by atoms with Crippen molar-refractivity contribution in [3.8, 4) is 5.82 Å². The Balaban J connectivity index is 1.54. The van der Waals surface area contributed by atoms with Crippen molar-refractivity contribution in [3.63, 3.8) is 0 Å². The fourth-order valence-electron chi connectivity index (χ4n) is 3.22. The van der Waals surface area contributed by atoms with Gasteiger partial charge in [-0.05, 0) is 36.4 Å². The molecule has 0 aliphatic heterocycles. The van der Waals surface area contributed by atoms with E-state index in [0.29, 0.717) is 11.3 Å². The molecule has 36 heavy (non-hydrogen) atoms. The summed E-state index contributed by atoms with van der Waals surface area (Å²) in [5.41, 5.74) is -0.668. The van der Waals surface area contributed by atoms with Gasteiger partial charge >= 0.3 is 0 Å². The normalized spacial score (nSPS) is 11.6. The van der Waals surface area contributed by atoms with Crippen molar-refractivity contribution in [2.45, 2.75) is 4.90 Å². The number of benzene rings is 2. The second-order valence-electron chi connectivity index (χ2n) is 7.14. The summed E-state index contributed by atoms with van der Waals surface area (Å²) in [6, 6.07) is 9.01. The molecule has 2 aromatic carbocycles. The number of pyridine rings is 1. The molecule has 10 nitrogen and oxygen atoms in total. The van der Waals surface area contributed by atoms with E-state index in [4.69, 9.17) is 23.2 Å². The van der Waals surface area contributed by atoms with Crippen LogP contribution in [0.2, 0.25) is 10.0 Å². The van der Waals surface area contributed by atoms with E-state index in [1.54, 1.807) is 12.1 Å². The maximum Gasteiger partial charge on any atom is 0.263 e. The average Bonchev–Trinajstić information content (AvgIpc) is 3.40. The maximum absolute atomic E-state index is 15.4. The molecule has 0 fully saturated rings. The van der Waals surface area contributed by atoms with E-state index >= 15 is 4.39 Å². The zero-order valence-corrected chi connectivity index (χ0v) is 20.0. The first kappa shape index (κ1) is 23.8. The van der Waals surface area contributed by atoms with Crippen LogP contribution in [-0.4, -0.2) is 38.4 Å². The fraction of sp³-hybridized carbons (Fsp3) is 0. The summed E-state index contributed by atoms with van der Waals surface area (Å²) in [5.74, 6) is -1.96. The first-order valence-electron chi connectivity index (χ1n) is 9.95. The lowest BCUT2D eigenvalue weighted by Crippen LogP contribution is -2.15. The number of nitrogens with one attached hydrogen (secondary N) is 2. The van der Waals surface area contributed by atoms with E-state index < -0.39 is 33.0 Å². The third kappa shape index (κ3) is 4.39. The minimum absolute atomic E-state index is 0.00528. The van der Waals surface area contributed by atoms with E-state index in [2.05, 4.69) is 35.2 Å². The Hall–Kier alpha value is -3.94. The molecule has 0 radical (unpaired) electrons. The summed E-state index contributed by atoms with van der Waals surface area (Å²) in [4.78, 5) is 13.4. The molecule has 0 spiro atoms. The zero-order chi connectivity index (χ0) is 25.4. The molecule has 0 saturated heterocycles. The summed E-state index contributed by atoms with van der Waals surface area (Å²) in [7, 11) is -4.37. The maximum atomic E-state index is 15.4. The molecule has 15 heteroatoms. The lowest BCUT2D eigenvalue weighted by molar-refractivity contribution is 0.588. The van der Waals surface area contributed by atoms with Crippen LogP contribution in [0.1, 0.15) is 0 Å². The molecule has 0 saturated carbocycles. The van der Waals surface area contributed by atoms with Gasteiger partial charge in [0.15, 0.2) is 17.5 Å². The van der Waals surface area contributed by atoms with Crippen LogP contribution in [-0.2, 0) is 10.0 Å². The summed E-state index contributed by atoms with van der Waals surface area (Å²) in [6.07, 6.45) is 4.10. The Morgan fingerprint density at radius 3 is 2.50 bits per heavy atom. The number of anilines is 3. The van der Waals surface area contributed by atoms with Gasteiger partial charge < -0.3 is 5.32 Å². The Morgan fingerprint density at radius 1 is 0.944 bits per heavy atom. The molecule has 3 heterocycles. The van der Waals surface area contributed by atoms with Gasteiger partial charge in [0.25, 0.3) is 10.0 Å². The van der Waals surface area contributed by atoms with Crippen molar-refractivity contribution in [1.82, 2.24) is 29.9 Å². The van der Waals surface area contributed by atoms with Crippen LogP contribution < -0.4 is 10.0 Å². The number of nitrogens with zero attached hydrogens (tertiary/aromatic N) is 6. The van der Waals surface area contributed by atoms with Crippen LogP contribution in [0.5, 0.6) is 0 Å². The van der Waals surface area contributed by atoms with Crippen LogP contribution >= 0.6 is 23.2 Å². The van der Waals surface area contributed by atoms with Crippen molar-refractivity contribution in [2.75, 3.05) is 10.0 Å². The van der Waals surface area contributed by atoms with E-state index in [1.807, 2.05) is 0 Å². The van der Waals surface area contributed by atoms with Gasteiger partial charge in [-0.3, -0.25) is 4.72 Å². The molecule has 0 atom stereocenters. The van der Waals surface area contributed by atoms with Crippen molar-refractivity contribution in [1.29, 1.82) is 0 Å². The standard InChI is InChI=1S/C21H12Cl2F2N8O2S/c22-11-2-1-3-15(17(11)23)36(34,35)32-13-5-4-12(24)19(18(13)25)31-21-20-14(26-10-27-21)6-7-16(30-20)33-28-8-9-29-33/h1-10,32H,(H,26,27,31). The second kappa shape index (κ2) is 9.26. The van der Waals surface area contributed by atoms with Crippen molar-refractivity contribution in [3.05, 3.63) is 82.9 Å². The van der Waals surface area contributed by atoms with Gasteiger partial charge in [-0.2, -0.15) is 10.2 Å². The van der Waals surface area contributed by atoms with E-state index in [-0.39, 0.29) is 26.3 Å². The highest BCUT2D eigenvalue weighted by molar-refractivity contribution is 7.92. The van der Waals surface area contributed by atoms with Crippen LogP contribution in [0.25, 0.3) is 16.9 Å². The summed E-state index contributed by atoms with van der Waals surface area (Å²) in [5, 5.41) is 10.3. The Bertz CT molecular complexity index is 1720. The molecular weight excluding hydrogens is 537 g/mol. The summed E-state index contributed by atoms with van der Waals surface area (Å²) < 4.78 is 57.8. The molecule has 0 unspecified atom stereocenters. The van der Waals surface area contributed by atoms with Gasteiger partial charge in [0.1, 0.15) is 28.2 Å². The van der Waals surface area contributed by atoms with Gasteiger partial charge in [-0.15, -0.1) is 4.80 Å². The van der Waals surface area contributed by atoms with Crippen LogP contribution in [0.4, 0.5) is 26.0 Å². The monoisotopic (exact) mass is 548 g/mol. The highest BCUT2D eigenvalue weighted by Crippen LogP contribution is 2.34. The number of hydrogen-bond donors (Lipinski definition) is 2. The number of sulfonamides is 1. The van der Waals surface area contributed by atoms with Gasteiger partial charge in [0.2, 0.25) is 0 Å². The van der Waals surface area contributed by atoms with Crippen LogP contribution in [0.15, 0.2) is 66.1 Å². The van der Waals surface area contributed by atoms with Crippen LogP contribution in [0, 0.1) is 11.6 Å². The molecule has 5 aromatic rings. The highest BCUT2D eigenvalue weighted by atomic mass is 35.5. The molecule has 0 aliphatic rings. The predicted molar refractivity (Wildman–Crippen MR) is 129 cm³/mol. The number of hydrogen-bond acceptors (Lipinski definition) is 8. The molecule has 182 valence electrons. The fourth-order valence-corrected chi connectivity index (χ4v) is 5.04. The van der Waals surface area contributed by atoms with E-state index in [0.717, 1.165) is 12.1 Å². The minimum atomic E-state index is -4.37. The van der Waals surface area contributed by atoms with Gasteiger partial charge in [0.05, 0.1) is 33.6 Å². The van der Waals surface area contributed by atoms with E-state index in [1.165, 1.54) is 41.7 Å². The zero-order valence-electron chi connectivity index (χ0n) is 17.7. The minimum Gasteiger partial charge on any atom is -0.333 e. The molecule has 0 aliphatic carbocycles. The molecule has 0 amide bonds. The lowest BCUT2D eigenvalue weighted by atomic mass is 10.2. The summed E-state index contributed by atoms with van der Waals surface area (Å²) in [6.45, 7) is 0. The number of rotatable bonds is 6. The third-order valence-corrected chi connectivity index (χ3v) is 7.21. The average molecular weight is 549 g/mol. The molecule has 2 N–H and O–H groups in total. The number of fused-ring (bicyclic) bond motifs is 1. The van der Waals surface area contributed by atoms with Crippen molar-refractivity contribution in [2.24, 2.45) is 0 Å². The van der Waals surface area contributed by atoms with E-state index in [9.17, 15) is 12.8 Å². The van der Waals surface area contributed by atoms with Crippen molar-refractivity contribution < 1.29 is 17.2 Å². The molecule has 3 aromatic heterocycles. The second-order valence-corrected chi connectivity index (χ2v) is 9.58. The topological polar surface area (TPSA) is 128 Å². The van der Waals surface area contributed by atoms with Gasteiger partial charge in [0, 0.05) is 0 Å². The highest BCUT2D eigenvalue weighted by Gasteiger charge is 2.24. The SMILES string of the molecule is O=S(=O)(Nc1ccc(F)c(Nc2ncnc3ccc(-n4nccn4)nc23)c1F)c1cccc(Cl)c1Cl. The quantitative estimate of drug-likeness (QED) is 0.311. The first-order valence-corrected chi connectivity index (χ1v) is 12.2. The molecule has 0 bridgehead atoms. The number of aromatic nitrogens is 6. The first-order chi connectivity index (χ1) is 17.2. The third-order valence-electron chi connectivity index (χ3n) is 4.88. The number of halogens is 4. The summed E-state index contributed by atoms with van der Waals surface area (Å²) >= 11 is 11.9. The Kier molecular flexibility index (Phi) is 6.12. The van der Waals surface area contributed by atoms with Crippen molar-refractivity contribution >= 4 is 61.5 Å². The smallest absolute Gasteiger partial charge is 0.263 e. The van der Waals surface area contributed by atoms with Gasteiger partial charge in [-0.1, -0.05) is 29.3 Å². The van der Waals surface area contributed by atoms with Gasteiger partial charge in [-0.25, -0.2) is 32.2 Å².